The SMILES string of the molecule is COc1ccc(CCN(C)C(=O)NCCn2cccc2)cc1OC. The first kappa shape index (κ1) is 17.7. The van der Waals surface area contributed by atoms with Gasteiger partial charge in [-0.2, -0.15) is 0 Å². The summed E-state index contributed by atoms with van der Waals surface area (Å²) in [6, 6.07) is 9.68. The third kappa shape index (κ3) is 4.94. The number of carbonyl (C=O) groups is 1. The molecule has 0 unspecified atom stereocenters. The van der Waals surface area contributed by atoms with Gasteiger partial charge in [0.15, 0.2) is 11.5 Å². The van der Waals surface area contributed by atoms with E-state index in [1.807, 2.05) is 47.3 Å². The number of amides is 2. The van der Waals surface area contributed by atoms with E-state index in [9.17, 15) is 4.79 Å². The molecule has 1 aromatic heterocycles. The van der Waals surface area contributed by atoms with Gasteiger partial charge in [0.05, 0.1) is 14.2 Å². The predicted octanol–water partition coefficient (Wildman–Crippen LogP) is 2.39. The zero-order chi connectivity index (χ0) is 17.4. The number of nitrogens with one attached hydrogen (secondary N) is 1. The molecule has 0 radical (unpaired) electrons. The minimum Gasteiger partial charge on any atom is -0.493 e. The number of hydrogen-bond donors (Lipinski definition) is 1. The van der Waals surface area contributed by atoms with Gasteiger partial charge >= 0.3 is 6.03 Å². The number of ether oxygens (including phenoxy) is 2. The van der Waals surface area contributed by atoms with E-state index >= 15 is 0 Å². The van der Waals surface area contributed by atoms with Gasteiger partial charge in [-0.25, -0.2) is 4.79 Å². The number of rotatable bonds is 8. The Labute approximate surface area is 143 Å². The molecule has 0 fully saturated rings. The van der Waals surface area contributed by atoms with Crippen LogP contribution in [0.1, 0.15) is 5.56 Å². The van der Waals surface area contributed by atoms with Gasteiger partial charge in [-0.3, -0.25) is 0 Å². The Kier molecular flexibility index (Phi) is 6.54. The lowest BCUT2D eigenvalue weighted by molar-refractivity contribution is 0.209. The molecule has 0 spiro atoms. The fourth-order valence-corrected chi connectivity index (χ4v) is 2.38. The van der Waals surface area contributed by atoms with Crippen molar-refractivity contribution in [2.75, 3.05) is 34.4 Å². The van der Waals surface area contributed by atoms with E-state index in [0.717, 1.165) is 18.5 Å². The number of nitrogens with zero attached hydrogens (tertiary/aromatic N) is 2. The number of methoxy groups -OCH3 is 2. The molecule has 1 aromatic carbocycles. The fourth-order valence-electron chi connectivity index (χ4n) is 2.38. The van der Waals surface area contributed by atoms with E-state index in [2.05, 4.69) is 5.32 Å². The first-order chi connectivity index (χ1) is 11.6. The van der Waals surface area contributed by atoms with E-state index in [0.29, 0.717) is 24.6 Å². The maximum Gasteiger partial charge on any atom is 0.317 e. The number of hydrogen-bond acceptors (Lipinski definition) is 3. The van der Waals surface area contributed by atoms with Crippen LogP contribution in [0.15, 0.2) is 42.7 Å². The molecule has 1 N–H and O–H groups in total. The topological polar surface area (TPSA) is 55.7 Å². The second kappa shape index (κ2) is 8.86. The van der Waals surface area contributed by atoms with Crippen molar-refractivity contribution in [2.24, 2.45) is 0 Å². The smallest absolute Gasteiger partial charge is 0.317 e. The Balaban J connectivity index is 1.77. The minimum atomic E-state index is -0.0670. The van der Waals surface area contributed by atoms with Gasteiger partial charge in [-0.05, 0) is 36.2 Å². The zero-order valence-corrected chi connectivity index (χ0v) is 14.5. The zero-order valence-electron chi connectivity index (χ0n) is 14.5. The minimum absolute atomic E-state index is 0.0670. The molecule has 0 aliphatic heterocycles. The van der Waals surface area contributed by atoms with Crippen molar-refractivity contribution < 1.29 is 14.3 Å². The quantitative estimate of drug-likeness (QED) is 0.808. The van der Waals surface area contributed by atoms with Crippen LogP contribution in [0.4, 0.5) is 4.79 Å². The van der Waals surface area contributed by atoms with Crippen LogP contribution in [0.3, 0.4) is 0 Å². The predicted molar refractivity (Wildman–Crippen MR) is 93.7 cm³/mol. The summed E-state index contributed by atoms with van der Waals surface area (Å²) >= 11 is 0. The summed E-state index contributed by atoms with van der Waals surface area (Å²) in [6.07, 6.45) is 4.71. The molecule has 6 nitrogen and oxygen atoms in total. The number of benzene rings is 1. The Morgan fingerprint density at radius 1 is 1.17 bits per heavy atom. The first-order valence-electron chi connectivity index (χ1n) is 7.94. The summed E-state index contributed by atoms with van der Waals surface area (Å²) < 4.78 is 12.6. The molecule has 2 rings (SSSR count). The molecule has 0 bridgehead atoms. The van der Waals surface area contributed by atoms with Gasteiger partial charge in [-0.15, -0.1) is 0 Å². The third-order valence-corrected chi connectivity index (χ3v) is 3.84. The molecule has 0 saturated heterocycles. The molecular formula is C18H25N3O3. The first-order valence-corrected chi connectivity index (χ1v) is 7.94. The molecular weight excluding hydrogens is 306 g/mol. The van der Waals surface area contributed by atoms with Gasteiger partial charge in [0.2, 0.25) is 0 Å². The Bertz CT molecular complexity index is 641. The highest BCUT2D eigenvalue weighted by Gasteiger charge is 2.09. The van der Waals surface area contributed by atoms with E-state index in [1.165, 1.54) is 0 Å². The molecule has 6 heteroatoms. The molecule has 1 heterocycles. The van der Waals surface area contributed by atoms with Crippen LogP contribution in [-0.2, 0) is 13.0 Å². The largest absolute Gasteiger partial charge is 0.493 e. The van der Waals surface area contributed by atoms with Gasteiger partial charge in [0.25, 0.3) is 0 Å². The number of aromatic nitrogens is 1. The van der Waals surface area contributed by atoms with Crippen LogP contribution in [0.5, 0.6) is 11.5 Å². The van der Waals surface area contributed by atoms with Gasteiger partial charge in [0.1, 0.15) is 0 Å². The summed E-state index contributed by atoms with van der Waals surface area (Å²) in [5, 5.41) is 2.92. The summed E-state index contributed by atoms with van der Waals surface area (Å²) in [7, 11) is 5.03. The molecule has 0 saturated carbocycles. The second-order valence-corrected chi connectivity index (χ2v) is 5.51. The molecule has 24 heavy (non-hydrogen) atoms. The number of likely N-dealkylation sites (N-methyl/N-ethyl adjacent to an activating group) is 1. The molecule has 0 aliphatic carbocycles. The number of carbonyl (C=O) groups excluding carboxylic acids is 1. The molecule has 2 aromatic rings. The highest BCUT2D eigenvalue weighted by Crippen LogP contribution is 2.27. The van der Waals surface area contributed by atoms with Crippen LogP contribution in [-0.4, -0.2) is 49.9 Å². The summed E-state index contributed by atoms with van der Waals surface area (Å²) in [6.45, 7) is 2.00. The second-order valence-electron chi connectivity index (χ2n) is 5.51. The summed E-state index contributed by atoms with van der Waals surface area (Å²) in [4.78, 5) is 13.8. The third-order valence-electron chi connectivity index (χ3n) is 3.84. The van der Waals surface area contributed by atoms with Crippen LogP contribution in [0, 0.1) is 0 Å². The molecule has 2 amide bonds. The fraction of sp³-hybridized carbons (Fsp3) is 0.389. The molecule has 130 valence electrons. The summed E-state index contributed by atoms with van der Waals surface area (Å²) in [5.74, 6) is 1.41. The lowest BCUT2D eigenvalue weighted by Gasteiger charge is -2.18. The normalized spacial score (nSPS) is 10.3. The Hall–Kier alpha value is -2.63. The Morgan fingerprint density at radius 3 is 2.54 bits per heavy atom. The standard InChI is InChI=1S/C18H25N3O3/c1-20(18(22)19-9-13-21-10-4-5-11-21)12-8-15-6-7-16(23-2)17(14-15)24-3/h4-7,10-11,14H,8-9,12-13H2,1-3H3,(H,19,22). The summed E-state index contributed by atoms with van der Waals surface area (Å²) in [5.41, 5.74) is 1.10. The van der Waals surface area contributed by atoms with Crippen molar-refractivity contribution >= 4 is 6.03 Å². The van der Waals surface area contributed by atoms with Gasteiger partial charge in [0, 0.05) is 39.1 Å². The monoisotopic (exact) mass is 331 g/mol. The van der Waals surface area contributed by atoms with Crippen molar-refractivity contribution in [1.82, 2.24) is 14.8 Å². The average Bonchev–Trinajstić information content (AvgIpc) is 3.12. The van der Waals surface area contributed by atoms with Gasteiger partial charge in [-0.1, -0.05) is 6.07 Å². The van der Waals surface area contributed by atoms with Crippen LogP contribution < -0.4 is 14.8 Å². The van der Waals surface area contributed by atoms with Crippen molar-refractivity contribution in [3.8, 4) is 11.5 Å². The highest BCUT2D eigenvalue weighted by atomic mass is 16.5. The van der Waals surface area contributed by atoms with Crippen LogP contribution >= 0.6 is 0 Å². The van der Waals surface area contributed by atoms with E-state index in [1.54, 1.807) is 26.2 Å². The van der Waals surface area contributed by atoms with Crippen molar-refractivity contribution in [3.05, 3.63) is 48.3 Å². The van der Waals surface area contributed by atoms with Crippen molar-refractivity contribution in [2.45, 2.75) is 13.0 Å². The van der Waals surface area contributed by atoms with E-state index < -0.39 is 0 Å². The van der Waals surface area contributed by atoms with Crippen molar-refractivity contribution in [1.29, 1.82) is 0 Å². The Morgan fingerprint density at radius 2 is 1.88 bits per heavy atom. The lowest BCUT2D eigenvalue weighted by atomic mass is 10.1. The maximum atomic E-state index is 12.1. The maximum absolute atomic E-state index is 12.1. The molecule has 0 atom stereocenters. The van der Waals surface area contributed by atoms with Crippen molar-refractivity contribution in [3.63, 3.8) is 0 Å². The lowest BCUT2D eigenvalue weighted by Crippen LogP contribution is -2.39. The number of urea groups is 1. The molecule has 0 aliphatic rings. The van der Waals surface area contributed by atoms with E-state index in [-0.39, 0.29) is 6.03 Å². The van der Waals surface area contributed by atoms with Crippen LogP contribution in [0.25, 0.3) is 0 Å². The highest BCUT2D eigenvalue weighted by molar-refractivity contribution is 5.73. The van der Waals surface area contributed by atoms with Gasteiger partial charge < -0.3 is 24.3 Å². The average molecular weight is 331 g/mol. The van der Waals surface area contributed by atoms with Crippen LogP contribution in [0.2, 0.25) is 0 Å². The van der Waals surface area contributed by atoms with E-state index in [4.69, 9.17) is 9.47 Å².